The molecule has 0 radical (unpaired) electrons. The Balaban J connectivity index is 1.68. The first-order valence-corrected chi connectivity index (χ1v) is 12.0. The molecule has 9 heteroatoms. The first kappa shape index (κ1) is 25.0. The highest BCUT2D eigenvalue weighted by Crippen LogP contribution is 2.50. The lowest BCUT2D eigenvalue weighted by molar-refractivity contribution is -0.137. The van der Waals surface area contributed by atoms with Gasteiger partial charge in [0, 0.05) is 45.7 Å². The Morgan fingerprint density at radius 2 is 1.50 bits per heavy atom. The summed E-state index contributed by atoms with van der Waals surface area (Å²) in [5.74, 6) is 1.45. The fourth-order valence-corrected chi connectivity index (χ4v) is 5.28. The van der Waals surface area contributed by atoms with Crippen LogP contribution in [0.2, 0.25) is 0 Å². The van der Waals surface area contributed by atoms with E-state index in [0.29, 0.717) is 34.4 Å². The SMILES string of the molecule is COc1ccc(NC(=O)C2(c3c(C)[nH]c4ccccc34)CC(=O)N2c2ccc(OC)c(OC)c2)cc1OC. The maximum atomic E-state index is 14.3. The van der Waals surface area contributed by atoms with Crippen molar-refractivity contribution in [1.29, 1.82) is 0 Å². The zero-order chi connectivity index (χ0) is 27.0. The van der Waals surface area contributed by atoms with Crippen molar-refractivity contribution in [2.75, 3.05) is 38.7 Å². The number of hydrogen-bond acceptors (Lipinski definition) is 6. The summed E-state index contributed by atoms with van der Waals surface area (Å²) >= 11 is 0. The molecule has 4 aromatic rings. The number of carbonyl (C=O) groups is 2. The van der Waals surface area contributed by atoms with E-state index in [-0.39, 0.29) is 18.2 Å². The van der Waals surface area contributed by atoms with Crippen LogP contribution >= 0.6 is 0 Å². The number of benzene rings is 3. The summed E-state index contributed by atoms with van der Waals surface area (Å²) in [6.07, 6.45) is -0.0108. The molecule has 9 nitrogen and oxygen atoms in total. The summed E-state index contributed by atoms with van der Waals surface area (Å²) in [5.41, 5.74) is 2.12. The lowest BCUT2D eigenvalue weighted by atomic mass is 9.74. The number of methoxy groups -OCH3 is 4. The largest absolute Gasteiger partial charge is 0.493 e. The van der Waals surface area contributed by atoms with Gasteiger partial charge in [-0.1, -0.05) is 18.2 Å². The molecule has 1 aliphatic rings. The Morgan fingerprint density at radius 3 is 2.16 bits per heavy atom. The second-order valence-electron chi connectivity index (χ2n) is 9.00. The topological polar surface area (TPSA) is 102 Å². The quantitative estimate of drug-likeness (QED) is 0.328. The van der Waals surface area contributed by atoms with Gasteiger partial charge in [0.1, 0.15) is 0 Å². The van der Waals surface area contributed by atoms with E-state index in [9.17, 15) is 9.59 Å². The number of β-lactam (4-membered cyclic amide) rings is 1. The van der Waals surface area contributed by atoms with Gasteiger partial charge in [-0.15, -0.1) is 0 Å². The van der Waals surface area contributed by atoms with Gasteiger partial charge in [0.15, 0.2) is 28.5 Å². The maximum absolute atomic E-state index is 14.3. The Labute approximate surface area is 220 Å². The molecular formula is C29H29N3O6. The van der Waals surface area contributed by atoms with Crippen LogP contribution in [0.5, 0.6) is 23.0 Å². The van der Waals surface area contributed by atoms with E-state index < -0.39 is 5.54 Å². The van der Waals surface area contributed by atoms with Crippen LogP contribution in [0, 0.1) is 6.92 Å². The normalized spacial score (nSPS) is 16.7. The van der Waals surface area contributed by atoms with Gasteiger partial charge in [-0.3, -0.25) is 14.5 Å². The number of carbonyl (C=O) groups excluding carboxylic acids is 2. The minimum atomic E-state index is -1.33. The van der Waals surface area contributed by atoms with E-state index in [4.69, 9.17) is 18.9 Å². The molecule has 1 unspecified atom stereocenters. The lowest BCUT2D eigenvalue weighted by Gasteiger charge is -2.50. The number of nitrogens with zero attached hydrogens (tertiary/aromatic N) is 1. The van der Waals surface area contributed by atoms with Gasteiger partial charge in [0.25, 0.3) is 5.91 Å². The van der Waals surface area contributed by atoms with Crippen molar-refractivity contribution >= 4 is 34.1 Å². The molecule has 2 N–H and O–H groups in total. The van der Waals surface area contributed by atoms with Gasteiger partial charge >= 0.3 is 0 Å². The average molecular weight is 516 g/mol. The summed E-state index contributed by atoms with van der Waals surface area (Å²) < 4.78 is 21.6. The Bertz CT molecular complexity index is 1540. The maximum Gasteiger partial charge on any atom is 0.256 e. The minimum absolute atomic E-state index is 0.0108. The second kappa shape index (κ2) is 9.66. The number of aryl methyl sites for hydroxylation is 1. The van der Waals surface area contributed by atoms with Gasteiger partial charge < -0.3 is 29.2 Å². The van der Waals surface area contributed by atoms with Gasteiger partial charge in [-0.25, -0.2) is 0 Å². The van der Waals surface area contributed by atoms with Crippen LogP contribution in [0.1, 0.15) is 17.7 Å². The molecule has 38 heavy (non-hydrogen) atoms. The third kappa shape index (κ3) is 3.78. The molecule has 2 amide bonds. The van der Waals surface area contributed by atoms with Crippen molar-refractivity contribution in [3.05, 3.63) is 71.9 Å². The number of hydrogen-bond donors (Lipinski definition) is 2. The van der Waals surface area contributed by atoms with E-state index in [1.807, 2.05) is 31.2 Å². The van der Waals surface area contributed by atoms with Gasteiger partial charge in [0.2, 0.25) is 5.91 Å². The fourth-order valence-electron chi connectivity index (χ4n) is 5.28. The molecule has 2 heterocycles. The van der Waals surface area contributed by atoms with Gasteiger partial charge in [-0.05, 0) is 37.3 Å². The van der Waals surface area contributed by atoms with Crippen LogP contribution in [0.3, 0.4) is 0 Å². The molecule has 1 atom stereocenters. The smallest absolute Gasteiger partial charge is 0.256 e. The van der Waals surface area contributed by atoms with Crippen LogP contribution in [-0.4, -0.2) is 45.2 Å². The summed E-state index contributed by atoms with van der Waals surface area (Å²) in [7, 11) is 6.15. The molecule has 0 saturated carbocycles. The Kier molecular flexibility index (Phi) is 6.36. The van der Waals surface area contributed by atoms with Crippen LogP contribution < -0.4 is 29.2 Å². The number of anilines is 2. The first-order chi connectivity index (χ1) is 18.4. The highest BCUT2D eigenvalue weighted by molar-refractivity contribution is 6.19. The molecule has 0 aliphatic carbocycles. The van der Waals surface area contributed by atoms with Gasteiger partial charge in [-0.2, -0.15) is 0 Å². The summed E-state index contributed by atoms with van der Waals surface area (Å²) in [6.45, 7) is 1.91. The molecule has 0 bridgehead atoms. The number of ether oxygens (including phenoxy) is 4. The predicted octanol–water partition coefficient (Wildman–Crippen LogP) is 4.78. The van der Waals surface area contributed by atoms with Crippen LogP contribution in [0.4, 0.5) is 11.4 Å². The number of aromatic nitrogens is 1. The number of para-hydroxylation sites is 1. The Hall–Kier alpha value is -4.66. The molecule has 1 fully saturated rings. The minimum Gasteiger partial charge on any atom is -0.493 e. The zero-order valence-corrected chi connectivity index (χ0v) is 21.9. The molecule has 3 aromatic carbocycles. The highest BCUT2D eigenvalue weighted by atomic mass is 16.5. The zero-order valence-electron chi connectivity index (χ0n) is 21.9. The summed E-state index contributed by atoms with van der Waals surface area (Å²) in [6, 6.07) is 18.1. The molecule has 1 aromatic heterocycles. The van der Waals surface area contributed by atoms with Crippen molar-refractivity contribution < 1.29 is 28.5 Å². The molecule has 1 saturated heterocycles. The van der Waals surface area contributed by atoms with E-state index >= 15 is 0 Å². The molecule has 196 valence electrons. The van der Waals surface area contributed by atoms with Crippen LogP contribution in [-0.2, 0) is 15.1 Å². The Morgan fingerprint density at radius 1 is 0.868 bits per heavy atom. The molecule has 5 rings (SSSR count). The van der Waals surface area contributed by atoms with Gasteiger partial charge in [0.05, 0.1) is 34.9 Å². The third-order valence-electron chi connectivity index (χ3n) is 6.99. The van der Waals surface area contributed by atoms with E-state index in [1.165, 1.54) is 19.1 Å². The predicted molar refractivity (Wildman–Crippen MR) is 145 cm³/mol. The monoisotopic (exact) mass is 515 g/mol. The standard InChI is InChI=1S/C29H29N3O6/c1-17-27(20-8-6-7-9-21(20)30-17)29(28(34)31-18-10-12-22(35-2)24(14-18)37-4)16-26(33)32(29)19-11-13-23(36-3)25(15-19)38-5/h6-15,30H,16H2,1-5H3,(H,31,34). The molecule has 0 spiro atoms. The average Bonchev–Trinajstić information content (AvgIpc) is 3.26. The second-order valence-corrected chi connectivity index (χ2v) is 9.00. The van der Waals surface area contributed by atoms with E-state index in [1.54, 1.807) is 50.6 Å². The first-order valence-electron chi connectivity index (χ1n) is 12.0. The van der Waals surface area contributed by atoms with Crippen molar-refractivity contribution in [2.24, 2.45) is 0 Å². The number of aromatic amines is 1. The third-order valence-corrected chi connectivity index (χ3v) is 6.99. The van der Waals surface area contributed by atoms with Crippen molar-refractivity contribution in [1.82, 2.24) is 4.98 Å². The number of rotatable bonds is 8. The number of fused-ring (bicyclic) bond motifs is 1. The fraction of sp³-hybridized carbons (Fsp3) is 0.241. The summed E-state index contributed by atoms with van der Waals surface area (Å²) in [5, 5.41) is 3.89. The van der Waals surface area contributed by atoms with Crippen molar-refractivity contribution in [2.45, 2.75) is 18.9 Å². The van der Waals surface area contributed by atoms with E-state index in [0.717, 1.165) is 22.2 Å². The van der Waals surface area contributed by atoms with Crippen molar-refractivity contribution in [3.63, 3.8) is 0 Å². The summed E-state index contributed by atoms with van der Waals surface area (Å²) in [4.78, 5) is 32.6. The molecule has 1 aliphatic heterocycles. The number of amides is 2. The van der Waals surface area contributed by atoms with Crippen LogP contribution in [0.15, 0.2) is 60.7 Å². The number of H-pyrrole nitrogens is 1. The van der Waals surface area contributed by atoms with E-state index in [2.05, 4.69) is 10.3 Å². The highest BCUT2D eigenvalue weighted by Gasteiger charge is 2.60. The number of nitrogens with one attached hydrogen (secondary N) is 2. The van der Waals surface area contributed by atoms with Crippen LogP contribution in [0.25, 0.3) is 10.9 Å². The molecular weight excluding hydrogens is 486 g/mol. The lowest BCUT2D eigenvalue weighted by Crippen LogP contribution is -2.67. The van der Waals surface area contributed by atoms with Crippen molar-refractivity contribution in [3.8, 4) is 23.0 Å².